The molecular weight excluding hydrogens is 290 g/mol. The lowest BCUT2D eigenvalue weighted by atomic mass is 10.1. The van der Waals surface area contributed by atoms with Crippen molar-refractivity contribution in [1.82, 2.24) is 0 Å². The summed E-state index contributed by atoms with van der Waals surface area (Å²) in [5, 5.41) is 8.34. The van der Waals surface area contributed by atoms with Crippen LogP contribution >= 0.6 is 0 Å². The molecular formula is C15H19NO4S. The summed E-state index contributed by atoms with van der Waals surface area (Å²) in [6.45, 7) is 2.56. The van der Waals surface area contributed by atoms with Crippen molar-refractivity contribution in [3.8, 4) is 11.8 Å². The van der Waals surface area contributed by atoms with Crippen molar-refractivity contribution in [3.63, 3.8) is 0 Å². The first kappa shape index (κ1) is 15.8. The number of hydrogen-bond donors (Lipinski definition) is 2. The van der Waals surface area contributed by atoms with Crippen LogP contribution in [0.25, 0.3) is 0 Å². The molecule has 0 aliphatic carbocycles. The molecule has 2 rings (SSSR count). The molecule has 0 aromatic heterocycles. The van der Waals surface area contributed by atoms with Crippen molar-refractivity contribution in [1.29, 1.82) is 0 Å². The maximum Gasteiger partial charge on any atom is 0.235 e. The van der Waals surface area contributed by atoms with Crippen molar-refractivity contribution >= 4 is 15.7 Å². The zero-order chi connectivity index (χ0) is 15.3. The highest BCUT2D eigenvalue weighted by atomic mass is 32.2. The number of benzene rings is 1. The smallest absolute Gasteiger partial charge is 0.235 e. The molecule has 1 aliphatic heterocycles. The molecule has 0 bridgehead atoms. The van der Waals surface area contributed by atoms with E-state index in [9.17, 15) is 8.42 Å². The normalized spacial score (nSPS) is 16.1. The van der Waals surface area contributed by atoms with Crippen LogP contribution in [0.2, 0.25) is 0 Å². The number of hydrogen-bond acceptors (Lipinski definition) is 4. The van der Waals surface area contributed by atoms with E-state index in [4.69, 9.17) is 9.84 Å². The van der Waals surface area contributed by atoms with E-state index in [1.54, 1.807) is 12.1 Å². The van der Waals surface area contributed by atoms with E-state index in [0.29, 0.717) is 37.3 Å². The van der Waals surface area contributed by atoms with E-state index in [0.717, 1.165) is 5.56 Å². The van der Waals surface area contributed by atoms with Gasteiger partial charge in [0, 0.05) is 18.8 Å². The molecule has 0 saturated carbocycles. The van der Waals surface area contributed by atoms with Crippen molar-refractivity contribution < 1.29 is 18.3 Å². The summed E-state index contributed by atoms with van der Waals surface area (Å²) in [6, 6.07) is 5.35. The summed E-state index contributed by atoms with van der Waals surface area (Å²) in [6.07, 6.45) is 0.998. The van der Waals surface area contributed by atoms with E-state index < -0.39 is 15.3 Å². The minimum absolute atomic E-state index is 0.264. The Balaban J connectivity index is 2.27. The van der Waals surface area contributed by atoms with Crippen molar-refractivity contribution in [2.75, 3.05) is 24.5 Å². The molecule has 2 N–H and O–H groups in total. The van der Waals surface area contributed by atoms with Crippen LogP contribution < -0.4 is 4.72 Å². The molecule has 1 aliphatic rings. The zero-order valence-electron chi connectivity index (χ0n) is 11.9. The number of ether oxygens (including phenoxy) is 1. The van der Waals surface area contributed by atoms with Gasteiger partial charge < -0.3 is 9.84 Å². The fraction of sp³-hybridized carbons (Fsp3) is 0.467. The Bertz CT molecular complexity index is 652. The van der Waals surface area contributed by atoms with Crippen molar-refractivity contribution in [2.45, 2.75) is 25.0 Å². The third-order valence-corrected chi connectivity index (χ3v) is 5.19. The van der Waals surface area contributed by atoms with Crippen LogP contribution in [0.4, 0.5) is 5.69 Å². The molecule has 1 heterocycles. The monoisotopic (exact) mass is 309 g/mol. The van der Waals surface area contributed by atoms with Gasteiger partial charge in [-0.1, -0.05) is 17.9 Å². The molecule has 1 saturated heterocycles. The summed E-state index contributed by atoms with van der Waals surface area (Å²) >= 11 is 0. The van der Waals surface area contributed by atoms with E-state index in [-0.39, 0.29) is 6.61 Å². The molecule has 1 fully saturated rings. The van der Waals surface area contributed by atoms with Crippen molar-refractivity contribution in [2.24, 2.45) is 0 Å². The minimum Gasteiger partial charge on any atom is -0.384 e. The topological polar surface area (TPSA) is 75.6 Å². The lowest BCUT2D eigenvalue weighted by Crippen LogP contribution is -2.33. The lowest BCUT2D eigenvalue weighted by Gasteiger charge is -2.23. The molecule has 5 nitrogen and oxygen atoms in total. The fourth-order valence-corrected chi connectivity index (χ4v) is 3.66. The number of aliphatic hydroxyl groups excluding tert-OH is 1. The summed E-state index contributed by atoms with van der Waals surface area (Å²) in [5.74, 6) is 5.30. The molecule has 6 heteroatoms. The minimum atomic E-state index is -3.46. The molecule has 0 spiro atoms. The zero-order valence-corrected chi connectivity index (χ0v) is 12.7. The highest BCUT2D eigenvalue weighted by molar-refractivity contribution is 7.93. The van der Waals surface area contributed by atoms with Gasteiger partial charge in [0.1, 0.15) is 6.61 Å². The maximum atomic E-state index is 12.4. The molecule has 114 valence electrons. The van der Waals surface area contributed by atoms with Gasteiger partial charge in [-0.2, -0.15) is 0 Å². The maximum absolute atomic E-state index is 12.4. The highest BCUT2D eigenvalue weighted by Crippen LogP contribution is 2.22. The Morgan fingerprint density at radius 2 is 2.10 bits per heavy atom. The largest absolute Gasteiger partial charge is 0.384 e. The number of rotatable bonds is 3. The highest BCUT2D eigenvalue weighted by Gasteiger charge is 2.28. The molecule has 0 unspecified atom stereocenters. The molecule has 0 atom stereocenters. The molecule has 1 aromatic rings. The Labute approximate surface area is 125 Å². The van der Waals surface area contributed by atoms with Crippen LogP contribution in [0.15, 0.2) is 18.2 Å². The number of sulfonamides is 1. The van der Waals surface area contributed by atoms with Crippen LogP contribution in [0.3, 0.4) is 0 Å². The average Bonchev–Trinajstić information content (AvgIpc) is 2.47. The lowest BCUT2D eigenvalue weighted by molar-refractivity contribution is 0.0984. The molecule has 0 amide bonds. The Morgan fingerprint density at radius 1 is 1.38 bits per heavy atom. The van der Waals surface area contributed by atoms with Crippen LogP contribution in [0.1, 0.15) is 24.0 Å². The first-order valence-electron chi connectivity index (χ1n) is 6.82. The third kappa shape index (κ3) is 4.21. The van der Waals surface area contributed by atoms with Gasteiger partial charge in [-0.25, -0.2) is 8.42 Å². The molecule has 0 radical (unpaired) electrons. The van der Waals surface area contributed by atoms with Crippen LogP contribution in [-0.4, -0.2) is 38.6 Å². The van der Waals surface area contributed by atoms with E-state index in [1.165, 1.54) is 0 Å². The first-order valence-corrected chi connectivity index (χ1v) is 8.37. The van der Waals surface area contributed by atoms with Gasteiger partial charge in [0.2, 0.25) is 10.0 Å². The van der Waals surface area contributed by atoms with Gasteiger partial charge in [0.05, 0.1) is 10.9 Å². The second-order valence-corrected chi connectivity index (χ2v) is 6.93. The standard InChI is InChI=1S/C15H19NO4S/c1-12-4-5-13(3-2-8-17)15(11-12)16-21(18,19)14-6-9-20-10-7-14/h4-5,11,14,16-17H,6-10H2,1H3. The first-order chi connectivity index (χ1) is 10.0. The van der Waals surface area contributed by atoms with Crippen molar-refractivity contribution in [3.05, 3.63) is 29.3 Å². The fourth-order valence-electron chi connectivity index (χ4n) is 2.21. The second-order valence-electron chi connectivity index (χ2n) is 4.97. The van der Waals surface area contributed by atoms with Gasteiger partial charge in [-0.05, 0) is 37.5 Å². The van der Waals surface area contributed by atoms with E-state index >= 15 is 0 Å². The quantitative estimate of drug-likeness (QED) is 0.824. The number of nitrogens with one attached hydrogen (secondary N) is 1. The average molecular weight is 309 g/mol. The van der Waals surface area contributed by atoms with Crippen LogP contribution in [0.5, 0.6) is 0 Å². The van der Waals surface area contributed by atoms with Crippen LogP contribution in [0, 0.1) is 18.8 Å². The van der Waals surface area contributed by atoms with Gasteiger partial charge in [0.25, 0.3) is 0 Å². The summed E-state index contributed by atoms with van der Waals surface area (Å²) in [7, 11) is -3.46. The second kappa shape index (κ2) is 6.94. The molecule has 21 heavy (non-hydrogen) atoms. The predicted octanol–water partition coefficient (Wildman–Crippen LogP) is 1.26. The Morgan fingerprint density at radius 3 is 2.76 bits per heavy atom. The van der Waals surface area contributed by atoms with Gasteiger partial charge in [-0.3, -0.25) is 4.72 Å². The summed E-state index contributed by atoms with van der Waals surface area (Å²) in [4.78, 5) is 0. The third-order valence-electron chi connectivity index (χ3n) is 3.34. The summed E-state index contributed by atoms with van der Waals surface area (Å²) < 4.78 is 32.7. The van der Waals surface area contributed by atoms with Crippen LogP contribution in [-0.2, 0) is 14.8 Å². The number of aryl methyl sites for hydroxylation is 1. The van der Waals surface area contributed by atoms with Gasteiger partial charge >= 0.3 is 0 Å². The Kier molecular flexibility index (Phi) is 5.23. The van der Waals surface area contributed by atoms with Gasteiger partial charge in [-0.15, -0.1) is 0 Å². The number of anilines is 1. The number of aliphatic hydroxyl groups is 1. The van der Waals surface area contributed by atoms with Gasteiger partial charge in [0.15, 0.2) is 0 Å². The summed E-state index contributed by atoms with van der Waals surface area (Å²) in [5.41, 5.74) is 1.96. The molecule has 1 aromatic carbocycles. The van der Waals surface area contributed by atoms with E-state index in [1.807, 2.05) is 13.0 Å². The SMILES string of the molecule is Cc1ccc(C#CCO)c(NS(=O)(=O)C2CCOCC2)c1. The Hall–Kier alpha value is -1.55. The van der Waals surface area contributed by atoms with E-state index in [2.05, 4.69) is 16.6 Å². The predicted molar refractivity (Wildman–Crippen MR) is 81.5 cm³/mol.